The lowest BCUT2D eigenvalue weighted by molar-refractivity contribution is 0.242. The van der Waals surface area contributed by atoms with E-state index in [-0.39, 0.29) is 0 Å². The molecule has 0 fully saturated rings. The first-order chi connectivity index (χ1) is 9.49. The number of aromatic nitrogens is 4. The summed E-state index contributed by atoms with van der Waals surface area (Å²) in [6.07, 6.45) is 0. The van der Waals surface area contributed by atoms with Gasteiger partial charge in [0.2, 0.25) is 0 Å². The third-order valence-electron chi connectivity index (χ3n) is 3.80. The predicted octanol–water partition coefficient (Wildman–Crippen LogP) is 2.85. The van der Waals surface area contributed by atoms with E-state index in [1.165, 1.54) is 0 Å². The molecule has 0 radical (unpaired) electrons. The molecule has 0 amide bonds. The Morgan fingerprint density at radius 1 is 1.05 bits per heavy atom. The van der Waals surface area contributed by atoms with Gasteiger partial charge >= 0.3 is 0 Å². The third kappa shape index (κ3) is 3.15. The van der Waals surface area contributed by atoms with Crippen LogP contribution < -0.4 is 5.73 Å². The van der Waals surface area contributed by atoms with Crippen LogP contribution in [0.1, 0.15) is 27.7 Å². The average Bonchev–Trinajstić information content (AvgIpc) is 2.84. The summed E-state index contributed by atoms with van der Waals surface area (Å²) in [5, 5.41) is 12.1. The molecule has 108 valence electrons. The molecule has 1 heterocycles. The van der Waals surface area contributed by atoms with E-state index in [1.807, 2.05) is 28.9 Å². The molecule has 5 heteroatoms. The maximum absolute atomic E-state index is 5.72. The Labute approximate surface area is 120 Å². The number of hydrogen-bond donors (Lipinski definition) is 1. The quantitative estimate of drug-likeness (QED) is 0.850. The van der Waals surface area contributed by atoms with Gasteiger partial charge in [-0.3, -0.25) is 0 Å². The molecular weight excluding hydrogens is 250 g/mol. The lowest BCUT2D eigenvalue weighted by Crippen LogP contribution is -2.23. The highest BCUT2D eigenvalue weighted by molar-refractivity contribution is 5.58. The van der Waals surface area contributed by atoms with Gasteiger partial charge in [0, 0.05) is 17.8 Å². The van der Waals surface area contributed by atoms with Gasteiger partial charge in [-0.1, -0.05) is 27.7 Å². The maximum atomic E-state index is 5.72. The van der Waals surface area contributed by atoms with Gasteiger partial charge in [0.25, 0.3) is 0 Å². The minimum Gasteiger partial charge on any atom is -0.399 e. The van der Waals surface area contributed by atoms with Crippen LogP contribution in [-0.2, 0) is 6.54 Å². The van der Waals surface area contributed by atoms with E-state index >= 15 is 0 Å². The molecule has 2 aromatic rings. The molecule has 0 saturated heterocycles. The number of benzene rings is 1. The topological polar surface area (TPSA) is 69.6 Å². The highest BCUT2D eigenvalue weighted by Gasteiger charge is 2.20. The Morgan fingerprint density at radius 3 is 2.20 bits per heavy atom. The van der Waals surface area contributed by atoms with E-state index in [1.54, 1.807) is 0 Å². The van der Waals surface area contributed by atoms with Crippen molar-refractivity contribution in [1.29, 1.82) is 0 Å². The minimum absolute atomic E-state index is 0.547. The average molecular weight is 273 g/mol. The fourth-order valence-corrected chi connectivity index (χ4v) is 2.56. The van der Waals surface area contributed by atoms with Gasteiger partial charge in [-0.2, -0.15) is 0 Å². The van der Waals surface area contributed by atoms with Crippen LogP contribution in [0.15, 0.2) is 24.3 Å². The van der Waals surface area contributed by atoms with E-state index in [9.17, 15) is 0 Å². The van der Waals surface area contributed by atoms with E-state index in [0.29, 0.717) is 17.8 Å². The Kier molecular flexibility index (Phi) is 4.37. The minimum atomic E-state index is 0.547. The number of nitrogens with two attached hydrogens (primary N) is 1. The number of hydrogen-bond acceptors (Lipinski definition) is 4. The van der Waals surface area contributed by atoms with Gasteiger partial charge in [0.1, 0.15) is 0 Å². The molecule has 0 saturated carbocycles. The fourth-order valence-electron chi connectivity index (χ4n) is 2.56. The summed E-state index contributed by atoms with van der Waals surface area (Å²) in [6, 6.07) is 7.65. The smallest absolute Gasteiger partial charge is 0.182 e. The molecule has 0 spiro atoms. The lowest BCUT2D eigenvalue weighted by atomic mass is 9.85. The lowest BCUT2D eigenvalue weighted by Gasteiger charge is -2.24. The van der Waals surface area contributed by atoms with Crippen LogP contribution in [0.5, 0.6) is 0 Å². The summed E-state index contributed by atoms with van der Waals surface area (Å²) in [4.78, 5) is 0. The summed E-state index contributed by atoms with van der Waals surface area (Å²) in [5.74, 6) is 2.54. The maximum Gasteiger partial charge on any atom is 0.182 e. The summed E-state index contributed by atoms with van der Waals surface area (Å²) >= 11 is 0. The first-order valence-corrected chi connectivity index (χ1v) is 7.11. The molecule has 1 aromatic carbocycles. The molecule has 1 aromatic heterocycles. The Bertz CT molecular complexity index is 534. The Morgan fingerprint density at radius 2 is 1.65 bits per heavy atom. The molecule has 0 aliphatic carbocycles. The van der Waals surface area contributed by atoms with Crippen LogP contribution in [0.4, 0.5) is 5.69 Å². The largest absolute Gasteiger partial charge is 0.399 e. The number of rotatable bonds is 5. The second-order valence-corrected chi connectivity index (χ2v) is 5.96. The van der Waals surface area contributed by atoms with Crippen molar-refractivity contribution in [3.05, 3.63) is 24.3 Å². The summed E-state index contributed by atoms with van der Waals surface area (Å²) in [7, 11) is 0. The van der Waals surface area contributed by atoms with Crippen molar-refractivity contribution in [1.82, 2.24) is 20.2 Å². The molecule has 0 bridgehead atoms. The van der Waals surface area contributed by atoms with Gasteiger partial charge in [0.15, 0.2) is 5.82 Å². The van der Waals surface area contributed by atoms with Crippen molar-refractivity contribution in [2.24, 2.45) is 17.8 Å². The first-order valence-electron chi connectivity index (χ1n) is 7.11. The fraction of sp³-hybridized carbons (Fsp3) is 0.533. The van der Waals surface area contributed by atoms with E-state index in [4.69, 9.17) is 5.73 Å². The van der Waals surface area contributed by atoms with Crippen molar-refractivity contribution in [2.75, 3.05) is 5.73 Å². The number of nitrogen functional groups attached to an aromatic ring is 1. The Balaban J connectivity index is 2.26. The van der Waals surface area contributed by atoms with Crippen molar-refractivity contribution in [3.63, 3.8) is 0 Å². The van der Waals surface area contributed by atoms with Crippen LogP contribution in [0.3, 0.4) is 0 Å². The van der Waals surface area contributed by atoms with Crippen LogP contribution in [0.2, 0.25) is 0 Å². The SMILES string of the molecule is CC(C)C(Cn1nnnc1-c1ccc(N)cc1)C(C)C. The van der Waals surface area contributed by atoms with Crippen molar-refractivity contribution < 1.29 is 0 Å². The highest BCUT2D eigenvalue weighted by atomic mass is 15.5. The molecule has 20 heavy (non-hydrogen) atoms. The molecule has 0 unspecified atom stereocenters. The summed E-state index contributed by atoms with van der Waals surface area (Å²) < 4.78 is 1.90. The second kappa shape index (κ2) is 6.03. The zero-order chi connectivity index (χ0) is 14.7. The molecule has 0 atom stereocenters. The predicted molar refractivity (Wildman–Crippen MR) is 80.8 cm³/mol. The monoisotopic (exact) mass is 273 g/mol. The highest BCUT2D eigenvalue weighted by Crippen LogP contribution is 2.24. The van der Waals surface area contributed by atoms with Gasteiger partial charge < -0.3 is 5.73 Å². The normalized spacial score (nSPS) is 11.8. The molecule has 0 aliphatic rings. The van der Waals surface area contributed by atoms with E-state index in [0.717, 1.165) is 23.6 Å². The van der Waals surface area contributed by atoms with Crippen LogP contribution in [0.25, 0.3) is 11.4 Å². The van der Waals surface area contributed by atoms with Crippen LogP contribution >= 0.6 is 0 Å². The van der Waals surface area contributed by atoms with E-state index in [2.05, 4.69) is 43.2 Å². The third-order valence-corrected chi connectivity index (χ3v) is 3.80. The van der Waals surface area contributed by atoms with Gasteiger partial charge in [-0.25, -0.2) is 4.68 Å². The standard InChI is InChI=1S/C15H23N5/c1-10(2)14(11(3)4)9-20-15(17-18-19-20)12-5-7-13(16)8-6-12/h5-8,10-11,14H,9,16H2,1-4H3. The molecule has 0 aliphatic heterocycles. The van der Waals surface area contributed by atoms with Crippen LogP contribution in [-0.4, -0.2) is 20.2 Å². The van der Waals surface area contributed by atoms with Crippen molar-refractivity contribution in [3.8, 4) is 11.4 Å². The van der Waals surface area contributed by atoms with Crippen LogP contribution in [0, 0.1) is 17.8 Å². The zero-order valence-electron chi connectivity index (χ0n) is 12.6. The number of tetrazole rings is 1. The van der Waals surface area contributed by atoms with Crippen molar-refractivity contribution >= 4 is 5.69 Å². The number of anilines is 1. The molecule has 2 rings (SSSR count). The Hall–Kier alpha value is -1.91. The zero-order valence-corrected chi connectivity index (χ0v) is 12.6. The second-order valence-electron chi connectivity index (χ2n) is 5.96. The summed E-state index contributed by atoms with van der Waals surface area (Å²) in [5.41, 5.74) is 7.46. The first kappa shape index (κ1) is 14.5. The molecular formula is C15H23N5. The summed E-state index contributed by atoms with van der Waals surface area (Å²) in [6.45, 7) is 9.83. The van der Waals surface area contributed by atoms with Gasteiger partial charge in [-0.05, 0) is 52.4 Å². The molecule has 2 N–H and O–H groups in total. The van der Waals surface area contributed by atoms with Gasteiger partial charge in [0.05, 0.1) is 0 Å². The van der Waals surface area contributed by atoms with E-state index < -0.39 is 0 Å². The van der Waals surface area contributed by atoms with Crippen molar-refractivity contribution in [2.45, 2.75) is 34.2 Å². The molecule has 5 nitrogen and oxygen atoms in total. The van der Waals surface area contributed by atoms with Gasteiger partial charge in [-0.15, -0.1) is 5.10 Å². The number of nitrogens with zero attached hydrogens (tertiary/aromatic N) is 4.